The van der Waals surface area contributed by atoms with Gasteiger partial charge in [-0.2, -0.15) is 0 Å². The van der Waals surface area contributed by atoms with Gasteiger partial charge in [0.25, 0.3) is 0 Å². The Morgan fingerprint density at radius 2 is 2.12 bits per heavy atom. The Bertz CT molecular complexity index is 1500. The Labute approximate surface area is 252 Å². The number of benzene rings is 2. The molecule has 0 bridgehead atoms. The van der Waals surface area contributed by atoms with Crippen LogP contribution in [0, 0.1) is 31.1 Å². The molecule has 1 saturated carbocycles. The smallest absolute Gasteiger partial charge is 0.310 e. The number of hydrogen-bond acceptors (Lipinski definition) is 7. The summed E-state index contributed by atoms with van der Waals surface area (Å²) in [4.78, 5) is 21.8. The predicted molar refractivity (Wildman–Crippen MR) is 165 cm³/mol. The Balaban J connectivity index is 1.06. The average Bonchev–Trinajstić information content (AvgIpc) is 3.34. The van der Waals surface area contributed by atoms with Crippen LogP contribution in [-0.4, -0.2) is 59.8 Å². The van der Waals surface area contributed by atoms with E-state index in [9.17, 15) is 9.90 Å². The van der Waals surface area contributed by atoms with Crippen molar-refractivity contribution in [2.24, 2.45) is 17.3 Å². The Hall–Kier alpha value is -2.94. The third kappa shape index (κ3) is 4.72. The van der Waals surface area contributed by atoms with Crippen LogP contribution in [0.3, 0.4) is 0 Å². The number of piperidine rings is 1. The van der Waals surface area contributed by atoms with E-state index in [1.54, 1.807) is 11.3 Å². The molecule has 7 rings (SSSR count). The number of fused-ring (bicyclic) bond motifs is 2. The molecule has 4 heterocycles. The van der Waals surface area contributed by atoms with Crippen LogP contribution in [0.15, 0.2) is 35.7 Å². The first-order valence-electron chi connectivity index (χ1n) is 15.5. The number of hydrogen-bond donors (Lipinski definition) is 1. The summed E-state index contributed by atoms with van der Waals surface area (Å²) in [5.74, 6) is 0.688. The van der Waals surface area contributed by atoms with Gasteiger partial charge in [-0.1, -0.05) is 31.2 Å². The summed E-state index contributed by atoms with van der Waals surface area (Å²) in [6.45, 7) is 12.3. The first-order valence-corrected chi connectivity index (χ1v) is 16.3. The van der Waals surface area contributed by atoms with Gasteiger partial charge in [-0.05, 0) is 85.3 Å². The summed E-state index contributed by atoms with van der Waals surface area (Å²) in [5, 5.41) is 12.9. The molecule has 1 aliphatic carbocycles. The van der Waals surface area contributed by atoms with E-state index in [-0.39, 0.29) is 11.8 Å². The zero-order valence-electron chi connectivity index (χ0n) is 24.9. The number of aliphatic carboxylic acids is 1. The van der Waals surface area contributed by atoms with Gasteiger partial charge in [0.2, 0.25) is 0 Å². The molecule has 0 amide bonds. The summed E-state index contributed by atoms with van der Waals surface area (Å²) in [6, 6.07) is 11.4. The number of thiazole rings is 1. The first-order chi connectivity index (χ1) is 20.4. The van der Waals surface area contributed by atoms with Crippen molar-refractivity contribution in [1.82, 2.24) is 9.88 Å². The van der Waals surface area contributed by atoms with Crippen molar-refractivity contribution in [3.8, 4) is 17.0 Å². The Kier molecular flexibility index (Phi) is 7.27. The van der Waals surface area contributed by atoms with Gasteiger partial charge in [-0.25, -0.2) is 4.98 Å². The standard InChI is InChI=1S/C34H41N3O4S/c1-21-6-4-8-28(30-20-42-33(35-30)37-14-12-34(32(38)39)23(3)29(34)17-37)31(21)41-18-25-10-9-24-16-36(13-11-27(24)22(25)2)26-7-5-15-40-19-26/h4,6,8-10,20,23,26,29H,5,7,11-19H2,1-3H3,(H,38,39). The van der Waals surface area contributed by atoms with Gasteiger partial charge in [-0.15, -0.1) is 11.3 Å². The molecule has 3 aliphatic heterocycles. The van der Waals surface area contributed by atoms with Crippen LogP contribution in [0.2, 0.25) is 0 Å². The number of rotatable bonds is 7. The van der Waals surface area contributed by atoms with Crippen LogP contribution in [0.25, 0.3) is 11.3 Å². The summed E-state index contributed by atoms with van der Waals surface area (Å²) < 4.78 is 12.3. The van der Waals surface area contributed by atoms with E-state index in [0.29, 0.717) is 19.1 Å². The van der Waals surface area contributed by atoms with E-state index in [1.165, 1.54) is 28.7 Å². The lowest BCUT2D eigenvalue weighted by molar-refractivity contribution is -0.145. The van der Waals surface area contributed by atoms with E-state index < -0.39 is 11.4 Å². The molecule has 0 radical (unpaired) electrons. The van der Waals surface area contributed by atoms with Gasteiger partial charge in [-0.3, -0.25) is 9.69 Å². The van der Waals surface area contributed by atoms with Crippen molar-refractivity contribution in [3.63, 3.8) is 0 Å². The zero-order chi connectivity index (χ0) is 29.0. The normalized spacial score (nSPS) is 27.3. The second-order valence-electron chi connectivity index (χ2n) is 12.8. The van der Waals surface area contributed by atoms with Crippen LogP contribution >= 0.6 is 11.3 Å². The summed E-state index contributed by atoms with van der Waals surface area (Å²) in [7, 11) is 0. The van der Waals surface area contributed by atoms with Gasteiger partial charge >= 0.3 is 5.97 Å². The minimum atomic E-state index is -0.633. The number of anilines is 1. The van der Waals surface area contributed by atoms with Crippen LogP contribution in [0.4, 0.5) is 5.13 Å². The molecular weight excluding hydrogens is 546 g/mol. The monoisotopic (exact) mass is 587 g/mol. The number of nitrogens with zero attached hydrogens (tertiary/aromatic N) is 3. The lowest BCUT2D eigenvalue weighted by Crippen LogP contribution is -2.44. The molecule has 222 valence electrons. The molecule has 4 aliphatic rings. The zero-order valence-corrected chi connectivity index (χ0v) is 25.7. The number of carboxylic acids is 1. The average molecular weight is 588 g/mol. The number of para-hydroxylation sites is 1. The highest BCUT2D eigenvalue weighted by Gasteiger charge is 2.68. The number of carboxylic acid groups (broad SMARTS) is 1. The van der Waals surface area contributed by atoms with Crippen molar-refractivity contribution >= 4 is 22.4 Å². The molecule has 4 atom stereocenters. The Morgan fingerprint density at radius 3 is 2.90 bits per heavy atom. The van der Waals surface area contributed by atoms with Crippen molar-refractivity contribution in [2.75, 3.05) is 37.7 Å². The van der Waals surface area contributed by atoms with E-state index >= 15 is 0 Å². The minimum absolute atomic E-state index is 0.207. The molecule has 2 aromatic carbocycles. The second-order valence-corrected chi connectivity index (χ2v) is 13.6. The van der Waals surface area contributed by atoms with Crippen molar-refractivity contribution in [3.05, 3.63) is 63.5 Å². The van der Waals surface area contributed by atoms with E-state index in [0.717, 1.165) is 79.9 Å². The lowest BCUT2D eigenvalue weighted by Gasteiger charge is -2.38. The van der Waals surface area contributed by atoms with Gasteiger partial charge in [0.15, 0.2) is 5.13 Å². The SMILES string of the molecule is Cc1cccc(-c2csc(N3CCC4(C(=O)O)C(C)C4C3)n2)c1OCc1ccc2c(c1C)CCN(C1CCCOC1)C2. The molecule has 3 fully saturated rings. The quantitative estimate of drug-likeness (QED) is 0.359. The summed E-state index contributed by atoms with van der Waals surface area (Å²) in [5.41, 5.74) is 8.03. The van der Waals surface area contributed by atoms with Gasteiger partial charge < -0.3 is 19.5 Å². The van der Waals surface area contributed by atoms with Crippen LogP contribution in [0.1, 0.15) is 54.0 Å². The number of carbonyl (C=O) groups is 1. The maximum Gasteiger partial charge on any atom is 0.310 e. The number of ether oxygens (including phenoxy) is 2. The fourth-order valence-electron chi connectivity index (χ4n) is 7.86. The molecule has 4 unspecified atom stereocenters. The number of aromatic nitrogens is 1. The molecule has 7 nitrogen and oxygen atoms in total. The predicted octanol–water partition coefficient (Wildman–Crippen LogP) is 6.09. The summed E-state index contributed by atoms with van der Waals surface area (Å²) in [6.07, 6.45) is 4.17. The highest BCUT2D eigenvalue weighted by atomic mass is 32.1. The van der Waals surface area contributed by atoms with Crippen LogP contribution in [-0.2, 0) is 29.1 Å². The van der Waals surface area contributed by atoms with Gasteiger partial charge in [0.05, 0.1) is 17.7 Å². The molecule has 1 N–H and O–H groups in total. The third-order valence-electron chi connectivity index (χ3n) is 10.7. The van der Waals surface area contributed by atoms with E-state index in [1.807, 2.05) is 0 Å². The fraction of sp³-hybridized carbons (Fsp3) is 0.529. The molecule has 0 spiro atoms. The highest BCUT2D eigenvalue weighted by Crippen LogP contribution is 2.63. The molecule has 3 aromatic rings. The second kappa shape index (κ2) is 11.0. The molecule has 8 heteroatoms. The molecule has 42 heavy (non-hydrogen) atoms. The Morgan fingerprint density at radius 1 is 1.24 bits per heavy atom. The van der Waals surface area contributed by atoms with E-state index in [4.69, 9.17) is 14.5 Å². The number of aryl methyl sites for hydroxylation is 1. The molecule has 2 saturated heterocycles. The topological polar surface area (TPSA) is 75.1 Å². The van der Waals surface area contributed by atoms with E-state index in [2.05, 4.69) is 66.3 Å². The fourth-order valence-corrected chi connectivity index (χ4v) is 8.73. The van der Waals surface area contributed by atoms with Crippen molar-refractivity contribution < 1.29 is 19.4 Å². The van der Waals surface area contributed by atoms with Crippen molar-refractivity contribution in [1.29, 1.82) is 0 Å². The van der Waals surface area contributed by atoms with Gasteiger partial charge in [0, 0.05) is 49.8 Å². The first kappa shape index (κ1) is 27.9. The van der Waals surface area contributed by atoms with Crippen LogP contribution in [0.5, 0.6) is 5.75 Å². The summed E-state index contributed by atoms with van der Waals surface area (Å²) >= 11 is 1.64. The third-order valence-corrected chi connectivity index (χ3v) is 11.6. The van der Waals surface area contributed by atoms with Crippen molar-refractivity contribution in [2.45, 2.75) is 65.6 Å². The molecular formula is C34H41N3O4S. The van der Waals surface area contributed by atoms with Crippen LogP contribution < -0.4 is 9.64 Å². The lowest BCUT2D eigenvalue weighted by atomic mass is 9.91. The highest BCUT2D eigenvalue weighted by molar-refractivity contribution is 7.14. The maximum atomic E-state index is 11.9. The largest absolute Gasteiger partial charge is 0.488 e. The van der Waals surface area contributed by atoms with Gasteiger partial charge in [0.1, 0.15) is 12.4 Å². The molecule has 1 aromatic heterocycles. The minimum Gasteiger partial charge on any atom is -0.488 e. The maximum absolute atomic E-state index is 11.9.